The Kier molecular flexibility index (Phi) is 4.52. The first-order chi connectivity index (χ1) is 13.1. The molecule has 2 aromatic heterocycles. The Labute approximate surface area is 159 Å². The zero-order valence-electron chi connectivity index (χ0n) is 14.2. The van der Waals surface area contributed by atoms with Crippen LogP contribution in [0.4, 0.5) is 5.69 Å². The molecule has 2 heterocycles. The zero-order chi connectivity index (χ0) is 18.8. The molecule has 0 spiro atoms. The Morgan fingerprint density at radius 2 is 1.89 bits per heavy atom. The van der Waals surface area contributed by atoms with Crippen LogP contribution in [-0.2, 0) is 6.54 Å². The van der Waals surface area contributed by atoms with Crippen LogP contribution in [0.25, 0.3) is 10.9 Å². The number of aromatic amines is 1. The minimum atomic E-state index is -0.313. The Balaban J connectivity index is 1.83. The number of fused-ring (bicyclic) bond motifs is 1. The van der Waals surface area contributed by atoms with Gasteiger partial charge in [0.1, 0.15) is 0 Å². The van der Waals surface area contributed by atoms with E-state index in [2.05, 4.69) is 4.98 Å². The highest BCUT2D eigenvalue weighted by atomic mass is 35.5. The highest BCUT2D eigenvalue weighted by molar-refractivity contribution is 6.31. The first kappa shape index (κ1) is 17.1. The predicted octanol–water partition coefficient (Wildman–Crippen LogP) is 4.62. The van der Waals surface area contributed by atoms with Gasteiger partial charge in [0.15, 0.2) is 5.76 Å². The number of furan rings is 1. The van der Waals surface area contributed by atoms with Gasteiger partial charge in [0, 0.05) is 27.7 Å². The molecule has 1 amide bonds. The number of benzene rings is 2. The second kappa shape index (κ2) is 7.13. The summed E-state index contributed by atoms with van der Waals surface area (Å²) in [6, 6.07) is 19.3. The summed E-state index contributed by atoms with van der Waals surface area (Å²) in [4.78, 5) is 29.5. The molecule has 134 valence electrons. The number of nitrogens with one attached hydrogen (secondary N) is 1. The molecule has 0 aliphatic carbocycles. The summed E-state index contributed by atoms with van der Waals surface area (Å²) in [6.45, 7) is 0.199. The van der Waals surface area contributed by atoms with Gasteiger partial charge in [-0.15, -0.1) is 0 Å². The van der Waals surface area contributed by atoms with Gasteiger partial charge in [0.2, 0.25) is 5.56 Å². The van der Waals surface area contributed by atoms with E-state index in [1.165, 1.54) is 12.3 Å². The Morgan fingerprint density at radius 1 is 1.04 bits per heavy atom. The highest BCUT2D eigenvalue weighted by Crippen LogP contribution is 2.25. The van der Waals surface area contributed by atoms with Crippen LogP contribution < -0.4 is 10.5 Å². The summed E-state index contributed by atoms with van der Waals surface area (Å²) >= 11 is 6.13. The lowest BCUT2D eigenvalue weighted by Gasteiger charge is -2.23. The fraction of sp³-hybridized carbons (Fsp3) is 0.0476. The van der Waals surface area contributed by atoms with Gasteiger partial charge in [-0.1, -0.05) is 35.9 Å². The van der Waals surface area contributed by atoms with E-state index in [0.717, 1.165) is 16.5 Å². The van der Waals surface area contributed by atoms with Crippen molar-refractivity contribution in [1.29, 1.82) is 0 Å². The van der Waals surface area contributed by atoms with Gasteiger partial charge in [-0.05, 0) is 42.0 Å². The maximum atomic E-state index is 13.0. The van der Waals surface area contributed by atoms with Crippen molar-refractivity contribution in [3.8, 4) is 0 Å². The predicted molar refractivity (Wildman–Crippen MR) is 105 cm³/mol. The fourth-order valence-corrected chi connectivity index (χ4v) is 3.22. The lowest BCUT2D eigenvalue weighted by atomic mass is 10.1. The van der Waals surface area contributed by atoms with Gasteiger partial charge in [-0.2, -0.15) is 0 Å². The molecule has 0 bridgehead atoms. The van der Waals surface area contributed by atoms with Crippen molar-refractivity contribution in [2.45, 2.75) is 6.54 Å². The topological polar surface area (TPSA) is 66.3 Å². The molecule has 27 heavy (non-hydrogen) atoms. The van der Waals surface area contributed by atoms with Gasteiger partial charge in [-0.25, -0.2) is 0 Å². The van der Waals surface area contributed by atoms with Crippen molar-refractivity contribution in [2.24, 2.45) is 0 Å². The molecule has 5 nitrogen and oxygen atoms in total. The number of amides is 1. The molecule has 0 saturated carbocycles. The van der Waals surface area contributed by atoms with Gasteiger partial charge < -0.3 is 14.3 Å². The summed E-state index contributed by atoms with van der Waals surface area (Å²) in [5, 5.41) is 1.39. The van der Waals surface area contributed by atoms with E-state index >= 15 is 0 Å². The molecule has 0 aliphatic heterocycles. The number of anilines is 1. The van der Waals surface area contributed by atoms with Crippen LogP contribution in [0, 0.1) is 0 Å². The number of H-pyrrole nitrogens is 1. The largest absolute Gasteiger partial charge is 0.459 e. The first-order valence-electron chi connectivity index (χ1n) is 8.34. The molecule has 1 N–H and O–H groups in total. The van der Waals surface area contributed by atoms with Crippen LogP contribution in [0.5, 0.6) is 0 Å². The van der Waals surface area contributed by atoms with Crippen LogP contribution in [0.3, 0.4) is 0 Å². The monoisotopic (exact) mass is 378 g/mol. The number of carbonyl (C=O) groups excluding carboxylic acids is 1. The lowest BCUT2D eigenvalue weighted by Crippen LogP contribution is -2.30. The number of pyridine rings is 1. The molecule has 4 aromatic rings. The average Bonchev–Trinajstić information content (AvgIpc) is 3.20. The third kappa shape index (κ3) is 3.50. The van der Waals surface area contributed by atoms with E-state index in [9.17, 15) is 9.59 Å². The number of hydrogen-bond donors (Lipinski definition) is 1. The fourth-order valence-electron chi connectivity index (χ4n) is 3.04. The molecule has 0 unspecified atom stereocenters. The van der Waals surface area contributed by atoms with Crippen molar-refractivity contribution in [1.82, 2.24) is 4.98 Å². The number of para-hydroxylation sites is 1. The second-order valence-corrected chi connectivity index (χ2v) is 6.49. The molecular weight excluding hydrogens is 364 g/mol. The number of aromatic nitrogens is 1. The molecule has 0 atom stereocenters. The first-order valence-corrected chi connectivity index (χ1v) is 8.71. The molecule has 0 aliphatic rings. The lowest BCUT2D eigenvalue weighted by molar-refractivity contribution is 0.0958. The quantitative estimate of drug-likeness (QED) is 0.563. The van der Waals surface area contributed by atoms with Crippen molar-refractivity contribution >= 4 is 34.1 Å². The second-order valence-electron chi connectivity index (χ2n) is 6.05. The van der Waals surface area contributed by atoms with E-state index in [-0.39, 0.29) is 23.8 Å². The van der Waals surface area contributed by atoms with Crippen LogP contribution in [0.1, 0.15) is 16.1 Å². The molecule has 6 heteroatoms. The SMILES string of the molecule is O=C(c1ccco1)N(Cc1cc(=O)[nH]c2ccccc12)c1cccc(Cl)c1. The summed E-state index contributed by atoms with van der Waals surface area (Å²) in [6.07, 6.45) is 1.45. The van der Waals surface area contributed by atoms with Gasteiger partial charge in [-0.3, -0.25) is 9.59 Å². The third-order valence-corrected chi connectivity index (χ3v) is 4.50. The Bertz CT molecular complexity index is 1170. The number of rotatable bonds is 4. The maximum Gasteiger partial charge on any atom is 0.294 e. The van der Waals surface area contributed by atoms with Crippen LogP contribution in [0.15, 0.2) is 82.2 Å². The Morgan fingerprint density at radius 3 is 2.67 bits per heavy atom. The van der Waals surface area contributed by atoms with E-state index in [4.69, 9.17) is 16.0 Å². The Hall–Kier alpha value is -3.31. The van der Waals surface area contributed by atoms with E-state index in [1.807, 2.05) is 24.3 Å². The molecule has 0 fully saturated rings. The van der Waals surface area contributed by atoms with Crippen molar-refractivity contribution < 1.29 is 9.21 Å². The highest BCUT2D eigenvalue weighted by Gasteiger charge is 2.21. The normalized spacial score (nSPS) is 10.9. The summed E-state index contributed by atoms with van der Waals surface area (Å²) in [5.41, 5.74) is 1.85. The van der Waals surface area contributed by atoms with Crippen molar-refractivity contribution in [3.05, 3.63) is 99.7 Å². The van der Waals surface area contributed by atoms with Crippen molar-refractivity contribution in [2.75, 3.05) is 4.90 Å². The van der Waals surface area contributed by atoms with Crippen LogP contribution >= 0.6 is 11.6 Å². The average molecular weight is 379 g/mol. The molecule has 2 aromatic carbocycles. The molecule has 0 saturated heterocycles. The van der Waals surface area contributed by atoms with E-state index in [0.29, 0.717) is 10.7 Å². The molecule has 0 radical (unpaired) electrons. The van der Waals surface area contributed by atoms with Gasteiger partial charge in [0.25, 0.3) is 5.91 Å². The summed E-state index contributed by atoms with van der Waals surface area (Å²) in [5.74, 6) is -0.101. The standard InChI is InChI=1S/C21H15ClN2O3/c22-15-5-3-6-16(12-15)24(21(26)19-9-4-10-27-19)13-14-11-20(25)23-18-8-2-1-7-17(14)18/h1-12H,13H2,(H,23,25). The zero-order valence-corrected chi connectivity index (χ0v) is 14.9. The minimum absolute atomic E-state index is 0.199. The minimum Gasteiger partial charge on any atom is -0.459 e. The smallest absolute Gasteiger partial charge is 0.294 e. The van der Waals surface area contributed by atoms with Crippen LogP contribution in [-0.4, -0.2) is 10.9 Å². The molecular formula is C21H15ClN2O3. The summed E-state index contributed by atoms with van der Waals surface area (Å²) < 4.78 is 5.28. The van der Waals surface area contributed by atoms with Gasteiger partial charge in [0.05, 0.1) is 12.8 Å². The molecule has 4 rings (SSSR count). The maximum absolute atomic E-state index is 13.0. The number of halogens is 1. The van der Waals surface area contributed by atoms with E-state index in [1.54, 1.807) is 41.3 Å². The van der Waals surface area contributed by atoms with Crippen molar-refractivity contribution in [3.63, 3.8) is 0 Å². The number of carbonyl (C=O) groups is 1. The number of nitrogens with zero attached hydrogens (tertiary/aromatic N) is 1. The number of hydrogen-bond acceptors (Lipinski definition) is 3. The third-order valence-electron chi connectivity index (χ3n) is 4.26. The van der Waals surface area contributed by atoms with Gasteiger partial charge >= 0.3 is 0 Å². The summed E-state index contributed by atoms with van der Waals surface area (Å²) in [7, 11) is 0. The van der Waals surface area contributed by atoms with E-state index < -0.39 is 0 Å². The van der Waals surface area contributed by atoms with Crippen LogP contribution in [0.2, 0.25) is 5.02 Å².